The molecule has 0 aliphatic carbocycles. The number of hydrogen-bond donors (Lipinski definition) is 0. The Morgan fingerprint density at radius 1 is 1.37 bits per heavy atom. The fourth-order valence-corrected chi connectivity index (χ4v) is 3.48. The average Bonchev–Trinajstić information content (AvgIpc) is 3.03. The van der Waals surface area contributed by atoms with Crippen molar-refractivity contribution < 1.29 is 9.53 Å². The summed E-state index contributed by atoms with van der Waals surface area (Å²) < 4.78 is 5.94. The van der Waals surface area contributed by atoms with Crippen LogP contribution in [0.5, 0.6) is 0 Å². The summed E-state index contributed by atoms with van der Waals surface area (Å²) in [5, 5.41) is 1.95. The molecule has 1 spiro atoms. The van der Waals surface area contributed by atoms with Gasteiger partial charge in [0.1, 0.15) is 5.72 Å². The molecule has 1 aromatic rings. The van der Waals surface area contributed by atoms with Crippen molar-refractivity contribution in [1.82, 2.24) is 9.80 Å². The Bertz CT molecular complexity index is 430. The van der Waals surface area contributed by atoms with Crippen LogP contribution in [-0.2, 0) is 4.74 Å². The molecule has 19 heavy (non-hydrogen) atoms. The van der Waals surface area contributed by atoms with E-state index in [9.17, 15) is 4.79 Å². The molecule has 2 saturated heterocycles. The molecule has 0 saturated carbocycles. The molecule has 2 fully saturated rings. The van der Waals surface area contributed by atoms with E-state index in [4.69, 9.17) is 4.74 Å². The van der Waals surface area contributed by atoms with Gasteiger partial charge in [-0.25, -0.2) is 0 Å². The molecular weight excluding hydrogens is 284 g/mol. The van der Waals surface area contributed by atoms with Crippen LogP contribution in [0.25, 0.3) is 0 Å². The van der Waals surface area contributed by atoms with Gasteiger partial charge in [-0.1, -0.05) is 6.07 Å². The lowest BCUT2D eigenvalue weighted by Crippen LogP contribution is -2.54. The van der Waals surface area contributed by atoms with Crippen molar-refractivity contribution in [3.05, 3.63) is 22.4 Å². The van der Waals surface area contributed by atoms with Crippen LogP contribution in [-0.4, -0.2) is 54.7 Å². The van der Waals surface area contributed by atoms with Crippen LogP contribution in [0.3, 0.4) is 0 Å². The van der Waals surface area contributed by atoms with E-state index in [1.807, 2.05) is 22.4 Å². The number of likely N-dealkylation sites (tertiary alicyclic amines) is 1. The minimum absolute atomic E-state index is 0. The van der Waals surface area contributed by atoms with Gasteiger partial charge >= 0.3 is 0 Å². The third kappa shape index (κ3) is 2.65. The predicted octanol–water partition coefficient (Wildman–Crippen LogP) is 2.06. The van der Waals surface area contributed by atoms with E-state index >= 15 is 0 Å². The first-order chi connectivity index (χ1) is 8.71. The number of piperidine rings is 1. The fourth-order valence-electron chi connectivity index (χ4n) is 2.81. The highest BCUT2D eigenvalue weighted by molar-refractivity contribution is 7.12. The number of nitrogens with zero attached hydrogens (tertiary/aromatic N) is 2. The summed E-state index contributed by atoms with van der Waals surface area (Å²) in [5.41, 5.74) is -0.340. The van der Waals surface area contributed by atoms with Gasteiger partial charge in [0.15, 0.2) is 0 Å². The van der Waals surface area contributed by atoms with Crippen LogP contribution < -0.4 is 0 Å². The summed E-state index contributed by atoms with van der Waals surface area (Å²) in [6, 6.07) is 3.82. The highest BCUT2D eigenvalue weighted by Crippen LogP contribution is 2.35. The summed E-state index contributed by atoms with van der Waals surface area (Å²) in [6.07, 6.45) is 1.83. The molecule has 0 aromatic carbocycles. The van der Waals surface area contributed by atoms with Crippen molar-refractivity contribution in [2.24, 2.45) is 0 Å². The quantitative estimate of drug-likeness (QED) is 0.796. The molecule has 2 aliphatic rings. The van der Waals surface area contributed by atoms with Crippen LogP contribution in [0.15, 0.2) is 17.5 Å². The zero-order valence-electron chi connectivity index (χ0n) is 11.0. The van der Waals surface area contributed by atoms with Gasteiger partial charge < -0.3 is 14.5 Å². The fraction of sp³-hybridized carbons (Fsp3) is 0.615. The van der Waals surface area contributed by atoms with Crippen molar-refractivity contribution in [2.45, 2.75) is 18.6 Å². The Hall–Kier alpha value is -0.620. The molecule has 106 valence electrons. The summed E-state index contributed by atoms with van der Waals surface area (Å²) >= 11 is 1.51. The lowest BCUT2D eigenvalue weighted by Gasteiger charge is -2.42. The first kappa shape index (κ1) is 14.8. The lowest BCUT2D eigenvalue weighted by atomic mass is 9.99. The number of thiophene rings is 1. The van der Waals surface area contributed by atoms with Crippen molar-refractivity contribution >= 4 is 29.7 Å². The van der Waals surface area contributed by atoms with Gasteiger partial charge in [0.25, 0.3) is 5.91 Å². The maximum Gasteiger partial charge on any atom is 0.266 e. The lowest BCUT2D eigenvalue weighted by molar-refractivity contribution is -0.102. The van der Waals surface area contributed by atoms with Crippen molar-refractivity contribution in [1.29, 1.82) is 0 Å². The standard InChI is InChI=1S/C13H18N2O2S.ClH/c1-14-6-4-13(5-7-14)15(8-9-17-13)12(16)11-3-2-10-18-11;/h2-3,10H,4-9H2,1H3;1H. The summed E-state index contributed by atoms with van der Waals surface area (Å²) in [7, 11) is 2.12. The Balaban J connectivity index is 0.00000133. The normalized spacial score (nSPS) is 22.5. The number of ether oxygens (including phenoxy) is 1. The summed E-state index contributed by atoms with van der Waals surface area (Å²) in [5.74, 6) is 0.132. The van der Waals surface area contributed by atoms with Crippen LogP contribution >= 0.6 is 23.7 Å². The van der Waals surface area contributed by atoms with Crippen LogP contribution in [0.4, 0.5) is 0 Å². The van der Waals surface area contributed by atoms with Gasteiger partial charge in [-0.3, -0.25) is 4.79 Å². The second-order valence-electron chi connectivity index (χ2n) is 5.03. The predicted molar refractivity (Wildman–Crippen MR) is 78.0 cm³/mol. The number of carbonyl (C=O) groups is 1. The second kappa shape index (κ2) is 5.79. The minimum atomic E-state index is -0.340. The maximum absolute atomic E-state index is 12.5. The van der Waals surface area contributed by atoms with Gasteiger partial charge in [-0.05, 0) is 18.5 Å². The van der Waals surface area contributed by atoms with Gasteiger partial charge in [-0.15, -0.1) is 23.7 Å². The van der Waals surface area contributed by atoms with Crippen molar-refractivity contribution in [3.63, 3.8) is 0 Å². The van der Waals surface area contributed by atoms with Crippen LogP contribution in [0.1, 0.15) is 22.5 Å². The smallest absolute Gasteiger partial charge is 0.266 e. The van der Waals surface area contributed by atoms with E-state index in [-0.39, 0.29) is 24.0 Å². The summed E-state index contributed by atoms with van der Waals surface area (Å²) in [6.45, 7) is 3.38. The van der Waals surface area contributed by atoms with Gasteiger partial charge in [0.05, 0.1) is 11.5 Å². The van der Waals surface area contributed by atoms with E-state index in [0.717, 1.165) is 37.4 Å². The largest absolute Gasteiger partial charge is 0.354 e. The highest BCUT2D eigenvalue weighted by atomic mass is 35.5. The Labute approximate surface area is 123 Å². The molecule has 3 rings (SSSR count). The van der Waals surface area contributed by atoms with Gasteiger partial charge in [0.2, 0.25) is 0 Å². The molecular formula is C13H19ClN2O2S. The first-order valence-corrected chi connectivity index (χ1v) is 7.27. The molecule has 2 aliphatic heterocycles. The molecule has 0 N–H and O–H groups in total. The number of halogens is 1. The van der Waals surface area contributed by atoms with Gasteiger partial charge in [0, 0.05) is 32.5 Å². The van der Waals surface area contributed by atoms with Crippen molar-refractivity contribution in [2.75, 3.05) is 33.3 Å². The molecule has 1 amide bonds. The molecule has 4 nitrogen and oxygen atoms in total. The molecule has 0 bridgehead atoms. The highest BCUT2D eigenvalue weighted by Gasteiger charge is 2.46. The molecule has 3 heterocycles. The summed E-state index contributed by atoms with van der Waals surface area (Å²) in [4.78, 5) is 17.6. The second-order valence-corrected chi connectivity index (χ2v) is 5.98. The SMILES string of the molecule is CN1CCC2(CC1)OCCN2C(=O)c1cccs1.Cl. The Morgan fingerprint density at radius 3 is 2.74 bits per heavy atom. The third-order valence-electron chi connectivity index (χ3n) is 3.92. The third-order valence-corrected chi connectivity index (χ3v) is 4.78. The monoisotopic (exact) mass is 302 g/mol. The number of rotatable bonds is 1. The van der Waals surface area contributed by atoms with E-state index < -0.39 is 0 Å². The number of amides is 1. The molecule has 0 atom stereocenters. The maximum atomic E-state index is 12.5. The molecule has 0 radical (unpaired) electrons. The van der Waals surface area contributed by atoms with Gasteiger partial charge in [-0.2, -0.15) is 0 Å². The van der Waals surface area contributed by atoms with E-state index in [1.165, 1.54) is 11.3 Å². The Kier molecular flexibility index (Phi) is 4.50. The van der Waals surface area contributed by atoms with E-state index in [2.05, 4.69) is 11.9 Å². The number of carbonyl (C=O) groups excluding carboxylic acids is 1. The van der Waals surface area contributed by atoms with E-state index in [1.54, 1.807) is 0 Å². The topological polar surface area (TPSA) is 32.8 Å². The number of hydrogen-bond acceptors (Lipinski definition) is 4. The van der Waals surface area contributed by atoms with Crippen LogP contribution in [0.2, 0.25) is 0 Å². The average molecular weight is 303 g/mol. The van der Waals surface area contributed by atoms with Crippen molar-refractivity contribution in [3.8, 4) is 0 Å². The van der Waals surface area contributed by atoms with E-state index in [0.29, 0.717) is 6.61 Å². The molecule has 6 heteroatoms. The van der Waals surface area contributed by atoms with Crippen LogP contribution in [0, 0.1) is 0 Å². The minimum Gasteiger partial charge on any atom is -0.354 e. The molecule has 0 unspecified atom stereocenters. The molecule has 1 aromatic heterocycles. The zero-order valence-corrected chi connectivity index (χ0v) is 12.6. The Morgan fingerprint density at radius 2 is 2.11 bits per heavy atom. The zero-order chi connectivity index (χ0) is 12.6. The first-order valence-electron chi connectivity index (χ1n) is 6.39.